The number of hydrogen-bond acceptors (Lipinski definition) is 5. The summed E-state index contributed by atoms with van der Waals surface area (Å²) in [6, 6.07) is 1.13. The molecule has 0 aromatic heterocycles. The third-order valence-electron chi connectivity index (χ3n) is 6.16. The molecule has 1 aliphatic heterocycles. The Bertz CT molecular complexity index is 1040. The fourth-order valence-corrected chi connectivity index (χ4v) is 4.47. The highest BCUT2D eigenvalue weighted by Gasteiger charge is 2.36. The van der Waals surface area contributed by atoms with Gasteiger partial charge < -0.3 is 25.8 Å². The van der Waals surface area contributed by atoms with Crippen LogP contribution in [0.4, 0.5) is 8.78 Å². The average molecular weight is 525 g/mol. The van der Waals surface area contributed by atoms with Crippen molar-refractivity contribution in [1.82, 2.24) is 10.2 Å². The number of benzene rings is 1. The zero-order chi connectivity index (χ0) is 26.1. The molecule has 0 saturated heterocycles. The number of hydrogen-bond donors (Lipinski definition) is 3. The summed E-state index contributed by atoms with van der Waals surface area (Å²) in [7, 11) is 0. The number of aliphatic hydroxyl groups excluding tert-OH is 1. The van der Waals surface area contributed by atoms with E-state index < -0.39 is 35.2 Å². The first-order valence-corrected chi connectivity index (χ1v) is 12.4. The standard InChI is InChI=1S/C25H31ClF2N4O4/c26-18-7-8-19(27)24(23(18)28)36-17-14-22(34)32(15-17)20(13-16-5-2-1-3-6-16)25(35)31-21(29)9-11-30-10-4-12-33/h7-9,11,14,16,20,30,33H,1-6,10,12-13,15H2,(H2,29,31,35)/b11-9-/t20-/m0/s1. The van der Waals surface area contributed by atoms with Crippen LogP contribution in [0, 0.1) is 17.6 Å². The molecule has 0 spiro atoms. The molecule has 1 aliphatic carbocycles. The zero-order valence-corrected chi connectivity index (χ0v) is 20.6. The molecule has 3 rings (SSSR count). The van der Waals surface area contributed by atoms with Crippen LogP contribution in [0.5, 0.6) is 5.75 Å². The van der Waals surface area contributed by atoms with Crippen LogP contribution in [0.15, 0.2) is 41.2 Å². The summed E-state index contributed by atoms with van der Waals surface area (Å²) in [4.78, 5) is 31.3. The molecule has 0 unspecified atom stereocenters. The molecule has 2 aliphatic rings. The van der Waals surface area contributed by atoms with Crippen molar-refractivity contribution in [3.8, 4) is 5.75 Å². The van der Waals surface area contributed by atoms with Crippen molar-refractivity contribution in [1.29, 1.82) is 0 Å². The van der Waals surface area contributed by atoms with E-state index in [0.29, 0.717) is 19.4 Å². The van der Waals surface area contributed by atoms with Gasteiger partial charge in [-0.15, -0.1) is 0 Å². The molecule has 0 radical (unpaired) electrons. The molecule has 8 nitrogen and oxygen atoms in total. The molecular weight excluding hydrogens is 494 g/mol. The van der Waals surface area contributed by atoms with E-state index in [4.69, 9.17) is 27.2 Å². The molecule has 1 fully saturated rings. The Morgan fingerprint density at radius 2 is 2.08 bits per heavy atom. The quantitative estimate of drug-likeness (QED) is 0.177. The van der Waals surface area contributed by atoms with Crippen molar-refractivity contribution in [2.24, 2.45) is 16.6 Å². The number of nitrogens with one attached hydrogen (secondary N) is 1. The summed E-state index contributed by atoms with van der Waals surface area (Å²) < 4.78 is 33.8. The monoisotopic (exact) mass is 524 g/mol. The lowest BCUT2D eigenvalue weighted by molar-refractivity contribution is -0.134. The smallest absolute Gasteiger partial charge is 0.270 e. The predicted octanol–water partition coefficient (Wildman–Crippen LogP) is 3.43. The van der Waals surface area contributed by atoms with Crippen LogP contribution in [0.1, 0.15) is 44.9 Å². The second-order valence-corrected chi connectivity index (χ2v) is 9.25. The minimum absolute atomic E-state index is 0.00792. The first kappa shape index (κ1) is 27.6. The molecular formula is C25H31ClF2N4O4. The molecule has 4 N–H and O–H groups in total. The number of nitrogens with two attached hydrogens (primary N) is 1. The Morgan fingerprint density at radius 1 is 1.33 bits per heavy atom. The summed E-state index contributed by atoms with van der Waals surface area (Å²) in [6.45, 7) is 0.427. The van der Waals surface area contributed by atoms with Gasteiger partial charge in [0.2, 0.25) is 0 Å². The zero-order valence-electron chi connectivity index (χ0n) is 19.9. The van der Waals surface area contributed by atoms with Gasteiger partial charge in [0.1, 0.15) is 17.6 Å². The van der Waals surface area contributed by atoms with Crippen LogP contribution in [0.25, 0.3) is 0 Å². The van der Waals surface area contributed by atoms with E-state index in [0.717, 1.165) is 50.3 Å². The van der Waals surface area contributed by atoms with Gasteiger partial charge in [-0.3, -0.25) is 9.59 Å². The van der Waals surface area contributed by atoms with Crippen LogP contribution >= 0.6 is 11.6 Å². The molecule has 11 heteroatoms. The normalized spacial score (nSPS) is 18.0. The summed E-state index contributed by atoms with van der Waals surface area (Å²) in [5.74, 6) is -3.65. The Kier molecular flexibility index (Phi) is 10.2. The average Bonchev–Trinajstić information content (AvgIpc) is 3.22. The van der Waals surface area contributed by atoms with Gasteiger partial charge in [-0.2, -0.15) is 4.99 Å². The van der Waals surface area contributed by atoms with Gasteiger partial charge in [-0.1, -0.05) is 43.7 Å². The van der Waals surface area contributed by atoms with Crippen molar-refractivity contribution >= 4 is 29.3 Å². The second-order valence-electron chi connectivity index (χ2n) is 8.85. The fourth-order valence-electron chi connectivity index (χ4n) is 4.32. The van der Waals surface area contributed by atoms with Crippen LogP contribution < -0.4 is 15.8 Å². The lowest BCUT2D eigenvalue weighted by Crippen LogP contribution is -2.44. The number of rotatable bonds is 11. The van der Waals surface area contributed by atoms with Crippen LogP contribution in [0.2, 0.25) is 5.02 Å². The number of carbonyl (C=O) groups excluding carboxylic acids is 2. The Labute approximate surface area is 213 Å². The van der Waals surface area contributed by atoms with E-state index >= 15 is 0 Å². The van der Waals surface area contributed by atoms with E-state index in [1.807, 2.05) is 0 Å². The van der Waals surface area contributed by atoms with Gasteiger partial charge in [-0.05, 0) is 37.0 Å². The van der Waals surface area contributed by atoms with Gasteiger partial charge in [0.15, 0.2) is 17.4 Å². The Hall–Kier alpha value is -2.98. The van der Waals surface area contributed by atoms with E-state index in [1.54, 1.807) is 0 Å². The van der Waals surface area contributed by atoms with Crippen LogP contribution in [-0.2, 0) is 9.59 Å². The first-order chi connectivity index (χ1) is 17.3. The van der Waals surface area contributed by atoms with Crippen molar-refractivity contribution in [3.05, 3.63) is 52.9 Å². The number of amidine groups is 1. The summed E-state index contributed by atoms with van der Waals surface area (Å²) in [6.07, 6.45) is 10.1. The number of halogens is 3. The van der Waals surface area contributed by atoms with Crippen molar-refractivity contribution in [2.45, 2.75) is 51.0 Å². The van der Waals surface area contributed by atoms with E-state index in [-0.39, 0.29) is 35.7 Å². The highest BCUT2D eigenvalue weighted by Crippen LogP contribution is 2.33. The Morgan fingerprint density at radius 3 is 2.81 bits per heavy atom. The van der Waals surface area contributed by atoms with Crippen molar-refractivity contribution in [3.63, 3.8) is 0 Å². The summed E-state index contributed by atoms with van der Waals surface area (Å²) in [5, 5.41) is 11.4. The maximum Gasteiger partial charge on any atom is 0.270 e. The summed E-state index contributed by atoms with van der Waals surface area (Å²) >= 11 is 5.73. The van der Waals surface area contributed by atoms with Crippen LogP contribution in [0.3, 0.4) is 0 Å². The number of aliphatic hydroxyl groups is 1. The largest absolute Gasteiger partial charge is 0.453 e. The van der Waals surface area contributed by atoms with Crippen molar-refractivity contribution in [2.75, 3.05) is 19.7 Å². The lowest BCUT2D eigenvalue weighted by atomic mass is 9.84. The fraction of sp³-hybridized carbons (Fsp3) is 0.480. The highest BCUT2D eigenvalue weighted by molar-refractivity contribution is 6.30. The minimum atomic E-state index is -1.07. The Balaban J connectivity index is 1.75. The lowest BCUT2D eigenvalue weighted by Gasteiger charge is -2.30. The molecule has 196 valence electrons. The highest BCUT2D eigenvalue weighted by atomic mass is 35.5. The molecule has 1 heterocycles. The van der Waals surface area contributed by atoms with Gasteiger partial charge in [0.25, 0.3) is 11.8 Å². The molecule has 36 heavy (non-hydrogen) atoms. The predicted molar refractivity (Wildman–Crippen MR) is 132 cm³/mol. The minimum Gasteiger partial charge on any atom is -0.453 e. The molecule has 1 atom stereocenters. The SMILES string of the molecule is NC(/C=C\NCCCO)=NC(=O)[C@H](CC1CCCCC1)N1CC(Oc2c(F)ccc(Cl)c2F)=CC1=O. The van der Waals surface area contributed by atoms with Crippen molar-refractivity contribution < 1.29 is 28.2 Å². The van der Waals surface area contributed by atoms with Gasteiger partial charge in [0, 0.05) is 25.4 Å². The molecule has 0 bridgehead atoms. The maximum atomic E-state index is 14.3. The van der Waals surface area contributed by atoms with E-state index in [1.165, 1.54) is 17.2 Å². The number of amides is 2. The molecule has 1 aromatic rings. The first-order valence-electron chi connectivity index (χ1n) is 12.0. The third-order valence-corrected chi connectivity index (χ3v) is 6.45. The topological polar surface area (TPSA) is 117 Å². The maximum absolute atomic E-state index is 14.3. The second kappa shape index (κ2) is 13.4. The molecule has 1 aromatic carbocycles. The van der Waals surface area contributed by atoms with Gasteiger partial charge >= 0.3 is 0 Å². The van der Waals surface area contributed by atoms with E-state index in [2.05, 4.69) is 10.3 Å². The number of ether oxygens (including phenoxy) is 1. The van der Waals surface area contributed by atoms with Gasteiger partial charge in [0.05, 0.1) is 11.6 Å². The van der Waals surface area contributed by atoms with Crippen LogP contribution in [-0.4, -0.2) is 53.4 Å². The van der Waals surface area contributed by atoms with Gasteiger partial charge in [-0.25, -0.2) is 8.78 Å². The number of carbonyl (C=O) groups is 2. The molecule has 2 amide bonds. The molecule has 1 saturated carbocycles. The third kappa shape index (κ3) is 7.51. The summed E-state index contributed by atoms with van der Waals surface area (Å²) in [5.41, 5.74) is 5.89. The number of nitrogens with zero attached hydrogens (tertiary/aromatic N) is 2. The van der Waals surface area contributed by atoms with E-state index in [9.17, 15) is 18.4 Å². The number of aliphatic imine (C=N–C) groups is 1.